The average Bonchev–Trinajstić information content (AvgIpc) is 2.73. The van der Waals surface area contributed by atoms with Gasteiger partial charge in [-0.05, 0) is 47.2 Å². The van der Waals surface area contributed by atoms with Crippen LogP contribution in [0.25, 0.3) is 21.9 Å². The molecule has 4 N–H and O–H groups in total. The molecule has 150 valence electrons. The number of amides is 3. The number of pyridine rings is 2. The molecule has 0 aliphatic rings. The Morgan fingerprint density at radius 3 is 2.59 bits per heavy atom. The van der Waals surface area contributed by atoms with Crippen LogP contribution in [0.3, 0.4) is 0 Å². The summed E-state index contributed by atoms with van der Waals surface area (Å²) in [6, 6.07) is 9.23. The first kappa shape index (κ1) is 20.2. The van der Waals surface area contributed by atoms with E-state index < -0.39 is 0 Å². The van der Waals surface area contributed by atoms with E-state index >= 15 is 0 Å². The molecule has 0 aliphatic heterocycles. The van der Waals surface area contributed by atoms with Crippen LogP contribution in [-0.2, 0) is 11.3 Å². The number of carbonyl (C=O) groups is 2. The molecular formula is C21H23N5O3. The number of benzene rings is 1. The number of hydrogen-bond acceptors (Lipinski definition) is 5. The van der Waals surface area contributed by atoms with E-state index in [-0.39, 0.29) is 25.0 Å². The average molecular weight is 393 g/mol. The fourth-order valence-electron chi connectivity index (χ4n) is 3.01. The smallest absolute Gasteiger partial charge is 0.320 e. The van der Waals surface area contributed by atoms with Gasteiger partial charge in [0.15, 0.2) is 0 Å². The van der Waals surface area contributed by atoms with E-state index in [4.69, 9.17) is 5.11 Å². The molecule has 0 bridgehead atoms. The van der Waals surface area contributed by atoms with E-state index in [1.165, 1.54) is 0 Å². The largest absolute Gasteiger partial charge is 0.396 e. The Kier molecular flexibility index (Phi) is 6.70. The summed E-state index contributed by atoms with van der Waals surface area (Å²) in [6.07, 6.45) is 5.19. The van der Waals surface area contributed by atoms with E-state index in [1.807, 2.05) is 37.3 Å². The molecule has 2 aromatic heterocycles. The summed E-state index contributed by atoms with van der Waals surface area (Å²) in [6.45, 7) is 2.48. The highest BCUT2D eigenvalue weighted by atomic mass is 16.3. The summed E-state index contributed by atoms with van der Waals surface area (Å²) < 4.78 is 0. The van der Waals surface area contributed by atoms with Crippen LogP contribution in [-0.4, -0.2) is 40.2 Å². The first-order chi connectivity index (χ1) is 14.1. The Morgan fingerprint density at radius 1 is 1.07 bits per heavy atom. The van der Waals surface area contributed by atoms with Crippen LogP contribution < -0.4 is 16.0 Å². The number of aliphatic hydroxyl groups is 1. The SMILES string of the molecule is CCNC(=O)Nc1cc2c(-c3ccncc3)ccc(CNC(=O)CCO)c2cn1. The second-order valence-electron chi connectivity index (χ2n) is 6.36. The Balaban J connectivity index is 2.02. The second-order valence-corrected chi connectivity index (χ2v) is 6.36. The number of aromatic nitrogens is 2. The molecule has 0 spiro atoms. The molecule has 29 heavy (non-hydrogen) atoms. The zero-order valence-electron chi connectivity index (χ0n) is 16.1. The van der Waals surface area contributed by atoms with Crippen LogP contribution in [0.2, 0.25) is 0 Å². The first-order valence-electron chi connectivity index (χ1n) is 9.36. The highest BCUT2D eigenvalue weighted by Crippen LogP contribution is 2.31. The van der Waals surface area contributed by atoms with Crippen molar-refractivity contribution in [3.05, 3.63) is 54.5 Å². The summed E-state index contributed by atoms with van der Waals surface area (Å²) in [7, 11) is 0. The molecule has 3 aromatic rings. The summed E-state index contributed by atoms with van der Waals surface area (Å²) in [5.41, 5.74) is 2.84. The Hall–Kier alpha value is -3.52. The summed E-state index contributed by atoms with van der Waals surface area (Å²) in [5.74, 6) is 0.210. The molecule has 0 radical (unpaired) electrons. The third-order valence-electron chi connectivity index (χ3n) is 4.38. The van der Waals surface area contributed by atoms with Crippen LogP contribution in [0.15, 0.2) is 48.9 Å². The van der Waals surface area contributed by atoms with Crippen molar-refractivity contribution in [2.75, 3.05) is 18.5 Å². The van der Waals surface area contributed by atoms with Gasteiger partial charge in [-0.25, -0.2) is 9.78 Å². The monoisotopic (exact) mass is 393 g/mol. The Bertz CT molecular complexity index is 1010. The fourth-order valence-corrected chi connectivity index (χ4v) is 3.01. The third-order valence-corrected chi connectivity index (χ3v) is 4.38. The van der Waals surface area contributed by atoms with E-state index in [9.17, 15) is 9.59 Å². The highest BCUT2D eigenvalue weighted by molar-refractivity contribution is 6.00. The lowest BCUT2D eigenvalue weighted by atomic mass is 9.96. The molecule has 1 aromatic carbocycles. The Morgan fingerprint density at radius 2 is 1.86 bits per heavy atom. The fraction of sp³-hybridized carbons (Fsp3) is 0.238. The molecule has 3 rings (SSSR count). The second kappa shape index (κ2) is 9.61. The standard InChI is InChI=1S/C21H23N5O3/c1-2-23-21(29)26-19-11-17-16(14-5-8-22-9-6-14)4-3-15(18(17)13-24-19)12-25-20(28)7-10-27/h3-6,8-9,11,13,27H,2,7,10,12H2,1H3,(H,25,28)(H2,23,24,26,29). The lowest BCUT2D eigenvalue weighted by Gasteiger charge is -2.14. The minimum Gasteiger partial charge on any atom is -0.396 e. The van der Waals surface area contributed by atoms with Crippen molar-refractivity contribution in [2.45, 2.75) is 19.9 Å². The van der Waals surface area contributed by atoms with Crippen molar-refractivity contribution in [1.29, 1.82) is 0 Å². The van der Waals surface area contributed by atoms with Crippen molar-refractivity contribution >= 4 is 28.5 Å². The zero-order chi connectivity index (χ0) is 20.6. The number of aliphatic hydroxyl groups excluding tert-OH is 1. The minimum atomic E-state index is -0.322. The van der Waals surface area contributed by atoms with Crippen LogP contribution in [0, 0.1) is 0 Å². The van der Waals surface area contributed by atoms with Gasteiger partial charge in [0.1, 0.15) is 5.82 Å². The predicted molar refractivity (Wildman–Crippen MR) is 111 cm³/mol. The van der Waals surface area contributed by atoms with Crippen LogP contribution in [0.4, 0.5) is 10.6 Å². The maximum atomic E-state index is 11.9. The van der Waals surface area contributed by atoms with Gasteiger partial charge >= 0.3 is 6.03 Å². The first-order valence-corrected chi connectivity index (χ1v) is 9.36. The topological polar surface area (TPSA) is 116 Å². The van der Waals surface area contributed by atoms with Gasteiger partial charge in [-0.2, -0.15) is 0 Å². The number of carbonyl (C=O) groups excluding carboxylic acids is 2. The number of hydrogen-bond donors (Lipinski definition) is 4. The van der Waals surface area contributed by atoms with Crippen LogP contribution in [0.1, 0.15) is 18.9 Å². The lowest BCUT2D eigenvalue weighted by molar-refractivity contribution is -0.121. The molecule has 8 nitrogen and oxygen atoms in total. The minimum absolute atomic E-state index is 0.0614. The van der Waals surface area contributed by atoms with Gasteiger partial charge in [0.05, 0.1) is 6.61 Å². The molecule has 3 amide bonds. The summed E-state index contributed by atoms with van der Waals surface area (Å²) in [5, 5.41) is 18.9. The van der Waals surface area contributed by atoms with Gasteiger partial charge < -0.3 is 15.7 Å². The molecule has 2 heterocycles. The van der Waals surface area contributed by atoms with Gasteiger partial charge in [0, 0.05) is 43.5 Å². The van der Waals surface area contributed by atoms with E-state index in [0.29, 0.717) is 18.9 Å². The molecule has 0 unspecified atom stereocenters. The normalized spacial score (nSPS) is 10.6. The van der Waals surface area contributed by atoms with Gasteiger partial charge in [0.25, 0.3) is 0 Å². The number of anilines is 1. The van der Waals surface area contributed by atoms with E-state index in [1.54, 1.807) is 18.6 Å². The molecule has 0 saturated heterocycles. The van der Waals surface area contributed by atoms with Crippen molar-refractivity contribution in [2.24, 2.45) is 0 Å². The summed E-state index contributed by atoms with van der Waals surface area (Å²) in [4.78, 5) is 32.0. The van der Waals surface area contributed by atoms with Crippen molar-refractivity contribution in [3.63, 3.8) is 0 Å². The van der Waals surface area contributed by atoms with E-state index in [0.717, 1.165) is 27.5 Å². The van der Waals surface area contributed by atoms with Gasteiger partial charge in [-0.3, -0.25) is 15.1 Å². The third kappa shape index (κ3) is 5.05. The summed E-state index contributed by atoms with van der Waals surface area (Å²) >= 11 is 0. The molecule has 0 atom stereocenters. The molecule has 0 saturated carbocycles. The number of nitrogens with one attached hydrogen (secondary N) is 3. The highest BCUT2D eigenvalue weighted by Gasteiger charge is 2.12. The quantitative estimate of drug-likeness (QED) is 0.492. The Labute approximate surface area is 168 Å². The molecular weight excluding hydrogens is 370 g/mol. The molecule has 8 heteroatoms. The maximum Gasteiger partial charge on any atom is 0.320 e. The van der Waals surface area contributed by atoms with Crippen LogP contribution in [0.5, 0.6) is 0 Å². The van der Waals surface area contributed by atoms with Gasteiger partial charge in [-0.1, -0.05) is 12.1 Å². The van der Waals surface area contributed by atoms with Gasteiger partial charge in [-0.15, -0.1) is 0 Å². The zero-order valence-corrected chi connectivity index (χ0v) is 16.1. The van der Waals surface area contributed by atoms with E-state index in [2.05, 4.69) is 25.9 Å². The van der Waals surface area contributed by atoms with Crippen molar-refractivity contribution < 1.29 is 14.7 Å². The van der Waals surface area contributed by atoms with Crippen molar-refractivity contribution in [1.82, 2.24) is 20.6 Å². The number of fused-ring (bicyclic) bond motifs is 1. The maximum absolute atomic E-state index is 11.9. The number of nitrogens with zero attached hydrogens (tertiary/aromatic N) is 2. The molecule has 0 fully saturated rings. The number of urea groups is 1. The number of rotatable bonds is 7. The van der Waals surface area contributed by atoms with Crippen LogP contribution >= 0.6 is 0 Å². The van der Waals surface area contributed by atoms with Gasteiger partial charge in [0.2, 0.25) is 5.91 Å². The predicted octanol–water partition coefficient (Wildman–Crippen LogP) is 2.44. The molecule has 0 aliphatic carbocycles. The lowest BCUT2D eigenvalue weighted by Crippen LogP contribution is -2.28. The van der Waals surface area contributed by atoms with Crippen molar-refractivity contribution in [3.8, 4) is 11.1 Å².